The average Bonchev–Trinajstić information content (AvgIpc) is 2.56. The van der Waals surface area contributed by atoms with Crippen molar-refractivity contribution in [3.63, 3.8) is 0 Å². The van der Waals surface area contributed by atoms with Gasteiger partial charge in [-0.05, 0) is 24.3 Å². The van der Waals surface area contributed by atoms with Gasteiger partial charge in [-0.2, -0.15) is 11.8 Å². The Morgan fingerprint density at radius 2 is 1.76 bits per heavy atom. The van der Waals surface area contributed by atoms with Gasteiger partial charge in [-0.1, -0.05) is 30.3 Å². The Balaban J connectivity index is 1.86. The zero-order valence-electron chi connectivity index (χ0n) is 12.2. The summed E-state index contributed by atoms with van der Waals surface area (Å²) < 4.78 is 0. The summed E-state index contributed by atoms with van der Waals surface area (Å²) in [5.41, 5.74) is 1.04. The number of rotatable bonds is 4. The lowest BCUT2D eigenvalue weighted by Gasteiger charge is -2.23. The first kappa shape index (κ1) is 14.2. The maximum Gasteiger partial charge on any atom is 0.163 e. The van der Waals surface area contributed by atoms with Crippen LogP contribution in [0.5, 0.6) is 0 Å². The highest BCUT2D eigenvalue weighted by Gasteiger charge is 2.15. The number of anilines is 2. The van der Waals surface area contributed by atoms with Crippen molar-refractivity contribution in [3.8, 4) is 11.4 Å². The van der Waals surface area contributed by atoms with E-state index >= 15 is 0 Å². The minimum atomic E-state index is 0.523. The zero-order valence-corrected chi connectivity index (χ0v) is 13.0. The van der Waals surface area contributed by atoms with E-state index in [2.05, 4.69) is 20.6 Å². The SMILES string of the molecule is CNc1cc(NC2CCSCC2)nc(-c2ccccc2)n1. The molecule has 1 aromatic heterocycles. The van der Waals surface area contributed by atoms with Crippen LogP contribution < -0.4 is 10.6 Å². The van der Waals surface area contributed by atoms with E-state index in [4.69, 9.17) is 0 Å². The fourth-order valence-corrected chi connectivity index (χ4v) is 3.52. The van der Waals surface area contributed by atoms with Crippen molar-refractivity contribution in [2.45, 2.75) is 18.9 Å². The highest BCUT2D eigenvalue weighted by molar-refractivity contribution is 7.99. The molecule has 3 rings (SSSR count). The molecular weight excluding hydrogens is 280 g/mol. The van der Waals surface area contributed by atoms with Gasteiger partial charge in [0.1, 0.15) is 11.6 Å². The lowest BCUT2D eigenvalue weighted by atomic mass is 10.1. The van der Waals surface area contributed by atoms with Gasteiger partial charge in [0, 0.05) is 24.7 Å². The third-order valence-corrected chi connectivity index (χ3v) is 4.64. The van der Waals surface area contributed by atoms with Crippen molar-refractivity contribution in [2.75, 3.05) is 29.2 Å². The fraction of sp³-hybridized carbons (Fsp3) is 0.375. The van der Waals surface area contributed by atoms with E-state index in [-0.39, 0.29) is 0 Å². The Labute approximate surface area is 129 Å². The molecule has 0 aliphatic carbocycles. The topological polar surface area (TPSA) is 49.8 Å². The first-order chi connectivity index (χ1) is 10.3. The maximum atomic E-state index is 4.68. The summed E-state index contributed by atoms with van der Waals surface area (Å²) in [6.45, 7) is 0. The number of thioether (sulfide) groups is 1. The van der Waals surface area contributed by atoms with Crippen LogP contribution in [0.15, 0.2) is 36.4 Å². The van der Waals surface area contributed by atoms with E-state index in [9.17, 15) is 0 Å². The number of hydrogen-bond acceptors (Lipinski definition) is 5. The van der Waals surface area contributed by atoms with Crippen LogP contribution >= 0.6 is 11.8 Å². The number of aromatic nitrogens is 2. The molecule has 0 radical (unpaired) electrons. The maximum absolute atomic E-state index is 4.68. The van der Waals surface area contributed by atoms with Gasteiger partial charge in [0.25, 0.3) is 0 Å². The predicted molar refractivity (Wildman–Crippen MR) is 91.0 cm³/mol. The quantitative estimate of drug-likeness (QED) is 0.905. The Hall–Kier alpha value is -1.75. The van der Waals surface area contributed by atoms with E-state index in [1.54, 1.807) is 0 Å². The molecule has 1 fully saturated rings. The predicted octanol–water partition coefficient (Wildman–Crippen LogP) is 3.49. The smallest absolute Gasteiger partial charge is 0.163 e. The summed E-state index contributed by atoms with van der Waals surface area (Å²) in [5, 5.41) is 6.68. The molecule has 21 heavy (non-hydrogen) atoms. The highest BCUT2D eigenvalue weighted by Crippen LogP contribution is 2.23. The van der Waals surface area contributed by atoms with Gasteiger partial charge in [-0.25, -0.2) is 9.97 Å². The molecule has 2 heterocycles. The van der Waals surface area contributed by atoms with Gasteiger partial charge in [0.05, 0.1) is 0 Å². The number of nitrogens with zero attached hydrogens (tertiary/aromatic N) is 2. The molecule has 0 spiro atoms. The monoisotopic (exact) mass is 300 g/mol. The van der Waals surface area contributed by atoms with Crippen molar-refractivity contribution in [1.29, 1.82) is 0 Å². The second-order valence-electron chi connectivity index (χ2n) is 5.11. The van der Waals surface area contributed by atoms with E-state index in [1.165, 1.54) is 24.3 Å². The van der Waals surface area contributed by atoms with Crippen molar-refractivity contribution < 1.29 is 0 Å². The van der Waals surface area contributed by atoms with Crippen LogP contribution in [0.1, 0.15) is 12.8 Å². The molecule has 0 amide bonds. The van der Waals surface area contributed by atoms with Crippen LogP contribution in [0.25, 0.3) is 11.4 Å². The molecule has 0 saturated carbocycles. The Morgan fingerprint density at radius 3 is 2.48 bits per heavy atom. The normalized spacial score (nSPS) is 15.7. The molecule has 4 nitrogen and oxygen atoms in total. The fourth-order valence-electron chi connectivity index (χ4n) is 2.42. The zero-order chi connectivity index (χ0) is 14.5. The van der Waals surface area contributed by atoms with Crippen LogP contribution in [0.2, 0.25) is 0 Å². The lowest BCUT2D eigenvalue weighted by molar-refractivity contribution is 0.663. The summed E-state index contributed by atoms with van der Waals surface area (Å²) in [5.74, 6) is 4.97. The minimum Gasteiger partial charge on any atom is -0.373 e. The van der Waals surface area contributed by atoms with Crippen LogP contribution in [-0.2, 0) is 0 Å². The summed E-state index contributed by atoms with van der Waals surface area (Å²) in [6, 6.07) is 12.6. The summed E-state index contributed by atoms with van der Waals surface area (Å²) in [6.07, 6.45) is 2.40. The largest absolute Gasteiger partial charge is 0.373 e. The van der Waals surface area contributed by atoms with Crippen LogP contribution in [0.3, 0.4) is 0 Å². The molecule has 1 aliphatic heterocycles. The summed E-state index contributed by atoms with van der Waals surface area (Å²) in [4.78, 5) is 9.23. The van der Waals surface area contributed by atoms with Gasteiger partial charge < -0.3 is 10.6 Å². The standard InChI is InChI=1S/C16H20N4S/c1-17-14-11-15(18-13-7-9-21-10-8-13)20-16(19-14)12-5-3-2-4-6-12/h2-6,11,13H,7-10H2,1H3,(H2,17,18,19,20). The van der Waals surface area contributed by atoms with Crippen LogP contribution in [0, 0.1) is 0 Å². The first-order valence-corrected chi connectivity index (χ1v) is 8.47. The summed E-state index contributed by atoms with van der Waals surface area (Å²) in [7, 11) is 1.89. The molecule has 0 bridgehead atoms. The molecule has 110 valence electrons. The molecule has 0 unspecified atom stereocenters. The molecule has 1 aliphatic rings. The average molecular weight is 300 g/mol. The Bertz CT molecular complexity index is 582. The molecule has 1 saturated heterocycles. The molecule has 2 N–H and O–H groups in total. The van der Waals surface area contributed by atoms with E-state index in [0.29, 0.717) is 6.04 Å². The molecule has 2 aromatic rings. The number of nitrogens with one attached hydrogen (secondary N) is 2. The van der Waals surface area contributed by atoms with Crippen molar-refractivity contribution in [3.05, 3.63) is 36.4 Å². The van der Waals surface area contributed by atoms with Gasteiger partial charge in [-0.15, -0.1) is 0 Å². The summed E-state index contributed by atoms with van der Waals surface area (Å²) >= 11 is 2.03. The first-order valence-electron chi connectivity index (χ1n) is 7.31. The minimum absolute atomic E-state index is 0.523. The van der Waals surface area contributed by atoms with Crippen molar-refractivity contribution in [2.24, 2.45) is 0 Å². The highest BCUT2D eigenvalue weighted by atomic mass is 32.2. The van der Waals surface area contributed by atoms with Crippen molar-refractivity contribution in [1.82, 2.24) is 9.97 Å². The van der Waals surface area contributed by atoms with Gasteiger partial charge >= 0.3 is 0 Å². The van der Waals surface area contributed by atoms with Crippen LogP contribution in [0.4, 0.5) is 11.6 Å². The lowest BCUT2D eigenvalue weighted by Crippen LogP contribution is -2.25. The number of hydrogen-bond donors (Lipinski definition) is 2. The van der Waals surface area contributed by atoms with E-state index < -0.39 is 0 Å². The second kappa shape index (κ2) is 6.80. The van der Waals surface area contributed by atoms with Gasteiger partial charge in [0.15, 0.2) is 5.82 Å². The van der Waals surface area contributed by atoms with E-state index in [1.807, 2.05) is 55.2 Å². The molecule has 5 heteroatoms. The second-order valence-corrected chi connectivity index (χ2v) is 6.33. The van der Waals surface area contributed by atoms with Gasteiger partial charge in [0.2, 0.25) is 0 Å². The molecule has 1 aromatic carbocycles. The number of benzene rings is 1. The third kappa shape index (κ3) is 3.67. The van der Waals surface area contributed by atoms with Crippen molar-refractivity contribution >= 4 is 23.4 Å². The van der Waals surface area contributed by atoms with Gasteiger partial charge in [-0.3, -0.25) is 0 Å². The molecule has 0 atom stereocenters. The molecular formula is C16H20N4S. The van der Waals surface area contributed by atoms with E-state index in [0.717, 1.165) is 23.0 Å². The third-order valence-electron chi connectivity index (χ3n) is 3.59. The Morgan fingerprint density at radius 1 is 1.05 bits per heavy atom. The Kier molecular flexibility index (Phi) is 4.60. The van der Waals surface area contributed by atoms with Crippen LogP contribution in [-0.4, -0.2) is 34.6 Å².